The zero-order valence-electron chi connectivity index (χ0n) is 12.7. The van der Waals surface area contributed by atoms with Crippen molar-refractivity contribution in [1.29, 1.82) is 0 Å². The van der Waals surface area contributed by atoms with Gasteiger partial charge in [0.15, 0.2) is 11.9 Å². The number of nitrogens with one attached hydrogen (secondary N) is 1. The van der Waals surface area contributed by atoms with Gasteiger partial charge in [-0.05, 0) is 26.8 Å². The van der Waals surface area contributed by atoms with Crippen LogP contribution in [0.5, 0.6) is 5.75 Å². The second kappa shape index (κ2) is 6.82. The fraction of sp³-hybridized carbons (Fsp3) is 0.357. The highest BCUT2D eigenvalue weighted by atomic mass is 35.5. The summed E-state index contributed by atoms with van der Waals surface area (Å²) in [5.74, 6) is -0.968. The first kappa shape index (κ1) is 17.0. The molecular formula is C14H15ClFN3O4. The number of hydrogen-bond acceptors (Lipinski definition) is 5. The van der Waals surface area contributed by atoms with Gasteiger partial charge in [-0.1, -0.05) is 11.6 Å². The lowest BCUT2D eigenvalue weighted by Gasteiger charge is -2.15. The Morgan fingerprint density at radius 3 is 2.78 bits per heavy atom. The molecule has 0 spiro atoms. The van der Waals surface area contributed by atoms with Gasteiger partial charge >= 0.3 is 11.7 Å². The maximum absolute atomic E-state index is 14.1. The van der Waals surface area contributed by atoms with Crippen LogP contribution in [0, 0.1) is 12.7 Å². The van der Waals surface area contributed by atoms with E-state index in [1.807, 2.05) is 0 Å². The summed E-state index contributed by atoms with van der Waals surface area (Å²) in [4.78, 5) is 25.8. The number of hydrogen-bond donors (Lipinski definition) is 1. The molecule has 9 heteroatoms. The Bertz CT molecular complexity index is 787. The van der Waals surface area contributed by atoms with Gasteiger partial charge in [0.05, 0.1) is 11.6 Å². The summed E-state index contributed by atoms with van der Waals surface area (Å²) in [7, 11) is 0. The first-order valence-electron chi connectivity index (χ1n) is 6.82. The average molecular weight is 344 g/mol. The van der Waals surface area contributed by atoms with Gasteiger partial charge in [-0.15, -0.1) is 0 Å². The highest BCUT2D eigenvalue weighted by molar-refractivity contribution is 6.32. The Kier molecular flexibility index (Phi) is 5.05. The number of rotatable bonds is 5. The van der Waals surface area contributed by atoms with E-state index in [-0.39, 0.29) is 23.1 Å². The van der Waals surface area contributed by atoms with Crippen LogP contribution in [0.1, 0.15) is 19.7 Å². The van der Waals surface area contributed by atoms with Crippen molar-refractivity contribution >= 4 is 17.6 Å². The normalized spacial score (nSPS) is 12.0. The number of ether oxygens (including phenoxy) is 2. The van der Waals surface area contributed by atoms with Crippen LogP contribution in [-0.4, -0.2) is 33.4 Å². The monoisotopic (exact) mass is 343 g/mol. The van der Waals surface area contributed by atoms with E-state index in [1.54, 1.807) is 13.8 Å². The predicted octanol–water partition coefficient (Wildman–Crippen LogP) is 1.99. The number of aromatic amines is 1. The van der Waals surface area contributed by atoms with E-state index in [2.05, 4.69) is 10.1 Å². The Balaban J connectivity index is 2.39. The summed E-state index contributed by atoms with van der Waals surface area (Å²) in [5, 5.41) is 3.83. The molecule has 2 rings (SSSR count). The quantitative estimate of drug-likeness (QED) is 0.839. The van der Waals surface area contributed by atoms with Crippen LogP contribution >= 0.6 is 11.6 Å². The van der Waals surface area contributed by atoms with Crippen molar-refractivity contribution in [2.24, 2.45) is 0 Å². The van der Waals surface area contributed by atoms with Gasteiger partial charge in [0.2, 0.25) is 0 Å². The van der Waals surface area contributed by atoms with Gasteiger partial charge in [0.25, 0.3) is 0 Å². The second-order valence-corrected chi connectivity index (χ2v) is 5.08. The Labute approximate surface area is 136 Å². The van der Waals surface area contributed by atoms with E-state index in [9.17, 15) is 14.0 Å². The highest BCUT2D eigenvalue weighted by Crippen LogP contribution is 2.30. The molecule has 0 aliphatic heterocycles. The van der Waals surface area contributed by atoms with Gasteiger partial charge in [-0.2, -0.15) is 9.78 Å². The van der Waals surface area contributed by atoms with E-state index in [0.29, 0.717) is 5.82 Å². The largest absolute Gasteiger partial charge is 0.477 e. The molecule has 1 N–H and O–H groups in total. The summed E-state index contributed by atoms with van der Waals surface area (Å²) in [5.41, 5.74) is -0.747. The third-order valence-electron chi connectivity index (χ3n) is 2.88. The molecule has 0 saturated carbocycles. The smallest absolute Gasteiger partial charge is 0.348 e. The summed E-state index contributed by atoms with van der Waals surface area (Å²) >= 11 is 5.93. The second-order valence-electron chi connectivity index (χ2n) is 4.67. The van der Waals surface area contributed by atoms with Gasteiger partial charge < -0.3 is 9.47 Å². The molecule has 0 amide bonds. The van der Waals surface area contributed by atoms with Crippen molar-refractivity contribution in [1.82, 2.24) is 14.8 Å². The number of carbonyl (C=O) groups is 1. The summed E-state index contributed by atoms with van der Waals surface area (Å²) in [6.07, 6.45) is -0.941. The number of H-pyrrole nitrogens is 1. The summed E-state index contributed by atoms with van der Waals surface area (Å²) in [6.45, 7) is 4.91. The van der Waals surface area contributed by atoms with Crippen LogP contribution in [-0.2, 0) is 9.53 Å². The van der Waals surface area contributed by atoms with Crippen LogP contribution < -0.4 is 10.4 Å². The van der Waals surface area contributed by atoms with E-state index < -0.39 is 23.6 Å². The van der Waals surface area contributed by atoms with Crippen molar-refractivity contribution in [2.75, 3.05) is 6.61 Å². The molecule has 0 fully saturated rings. The number of nitrogens with zero attached hydrogens (tertiary/aromatic N) is 2. The van der Waals surface area contributed by atoms with Crippen LogP contribution in [0.2, 0.25) is 5.02 Å². The third-order valence-corrected chi connectivity index (χ3v) is 3.18. The molecule has 0 aliphatic carbocycles. The van der Waals surface area contributed by atoms with Crippen LogP contribution in [0.15, 0.2) is 16.9 Å². The van der Waals surface area contributed by atoms with Gasteiger partial charge in [-0.25, -0.2) is 14.0 Å². The van der Waals surface area contributed by atoms with E-state index in [0.717, 1.165) is 10.7 Å². The molecule has 7 nitrogen and oxygen atoms in total. The number of halogens is 2. The van der Waals surface area contributed by atoms with Crippen LogP contribution in [0.25, 0.3) is 5.69 Å². The predicted molar refractivity (Wildman–Crippen MR) is 80.6 cm³/mol. The lowest BCUT2D eigenvalue weighted by atomic mass is 10.2. The number of aryl methyl sites for hydroxylation is 1. The fourth-order valence-corrected chi connectivity index (χ4v) is 2.06. The molecule has 0 bridgehead atoms. The molecule has 1 heterocycles. The number of aromatic nitrogens is 3. The minimum absolute atomic E-state index is 0.0381. The van der Waals surface area contributed by atoms with Crippen molar-refractivity contribution in [3.05, 3.63) is 39.3 Å². The lowest BCUT2D eigenvalue weighted by Crippen LogP contribution is -2.26. The first-order valence-corrected chi connectivity index (χ1v) is 7.20. The molecular weight excluding hydrogens is 329 g/mol. The minimum Gasteiger partial charge on any atom is -0.477 e. The Morgan fingerprint density at radius 1 is 1.52 bits per heavy atom. The molecule has 1 atom stereocenters. The first-order chi connectivity index (χ1) is 10.8. The zero-order valence-corrected chi connectivity index (χ0v) is 13.5. The molecule has 0 radical (unpaired) electrons. The van der Waals surface area contributed by atoms with E-state index in [1.165, 1.54) is 13.0 Å². The molecule has 1 aromatic carbocycles. The summed E-state index contributed by atoms with van der Waals surface area (Å²) in [6, 6.07) is 2.19. The van der Waals surface area contributed by atoms with Crippen LogP contribution in [0.3, 0.4) is 0 Å². The van der Waals surface area contributed by atoms with Gasteiger partial charge in [-0.3, -0.25) is 4.98 Å². The maximum Gasteiger partial charge on any atom is 0.348 e. The standard InChI is InChI=1S/C14H15ClFN3O4/c1-4-22-13(20)7(2)23-12-6-11(10(16)5-9(12)15)19-14(21)17-8(3)18-19/h5-7H,4H2,1-3H3,(H,17,18,21). The molecule has 0 saturated heterocycles. The molecule has 23 heavy (non-hydrogen) atoms. The minimum atomic E-state index is -0.941. The van der Waals surface area contributed by atoms with Crippen molar-refractivity contribution in [3.8, 4) is 11.4 Å². The number of carbonyl (C=O) groups excluding carboxylic acids is 1. The molecule has 1 unspecified atom stereocenters. The Hall–Kier alpha value is -2.35. The van der Waals surface area contributed by atoms with Crippen molar-refractivity contribution in [2.45, 2.75) is 26.9 Å². The fourth-order valence-electron chi connectivity index (χ4n) is 1.86. The lowest BCUT2D eigenvalue weighted by molar-refractivity contribution is -0.150. The molecule has 1 aromatic heterocycles. The molecule has 2 aromatic rings. The highest BCUT2D eigenvalue weighted by Gasteiger charge is 2.20. The molecule has 0 aliphatic rings. The van der Waals surface area contributed by atoms with Crippen LogP contribution in [0.4, 0.5) is 4.39 Å². The third kappa shape index (κ3) is 3.70. The maximum atomic E-state index is 14.1. The topological polar surface area (TPSA) is 86.2 Å². The van der Waals surface area contributed by atoms with Gasteiger partial charge in [0.1, 0.15) is 17.3 Å². The average Bonchev–Trinajstić information content (AvgIpc) is 2.80. The SMILES string of the molecule is CCOC(=O)C(C)Oc1cc(-n2nc(C)[nH]c2=O)c(F)cc1Cl. The van der Waals surface area contributed by atoms with E-state index in [4.69, 9.17) is 21.1 Å². The van der Waals surface area contributed by atoms with Crippen molar-refractivity contribution < 1.29 is 18.7 Å². The Morgan fingerprint density at radius 2 is 2.22 bits per heavy atom. The molecule has 124 valence electrons. The zero-order chi connectivity index (χ0) is 17.1. The summed E-state index contributed by atoms with van der Waals surface area (Å²) < 4.78 is 25.1. The van der Waals surface area contributed by atoms with Crippen molar-refractivity contribution in [3.63, 3.8) is 0 Å². The van der Waals surface area contributed by atoms with Gasteiger partial charge in [0, 0.05) is 6.07 Å². The van der Waals surface area contributed by atoms with E-state index >= 15 is 0 Å². The number of benzene rings is 1. The number of esters is 1.